The van der Waals surface area contributed by atoms with E-state index in [1.54, 1.807) is 38.5 Å². The Labute approximate surface area is 211 Å². The molecule has 1 N–H and O–H groups in total. The topological polar surface area (TPSA) is 63.9 Å². The molecule has 5 rings (SSSR count). The number of benzene rings is 3. The number of aromatic nitrogens is 1. The zero-order chi connectivity index (χ0) is 25.1. The number of nitrogens with zero attached hydrogens (tertiary/aromatic N) is 2. The summed E-state index contributed by atoms with van der Waals surface area (Å²) in [4.78, 5) is 15.1. The monoisotopic (exact) mass is 482 g/mol. The van der Waals surface area contributed by atoms with Gasteiger partial charge in [0.1, 0.15) is 0 Å². The molecule has 1 atom stereocenters. The molecule has 0 amide bonds. The fraction of sp³-hybridized carbons (Fsp3) is 0.233. The Bertz CT molecular complexity index is 1420. The number of β-amino-alcohol motifs (C(OH)–C–C–N with tert-alkyl or cyclic N) is 1. The Morgan fingerprint density at radius 1 is 1.00 bits per heavy atom. The second-order valence-electron chi connectivity index (χ2n) is 9.00. The number of carbonyl (C=O) groups excluding carboxylic acids is 1. The zero-order valence-electron chi connectivity index (χ0n) is 20.6. The van der Waals surface area contributed by atoms with Gasteiger partial charge in [-0.1, -0.05) is 36.4 Å². The summed E-state index contributed by atoms with van der Waals surface area (Å²) in [7, 11) is 3.11. The molecule has 1 aliphatic heterocycles. The lowest BCUT2D eigenvalue weighted by atomic mass is 10.1. The summed E-state index contributed by atoms with van der Waals surface area (Å²) >= 11 is 0. The lowest BCUT2D eigenvalue weighted by Crippen LogP contribution is -2.33. The van der Waals surface area contributed by atoms with Gasteiger partial charge in [0.2, 0.25) is 0 Å². The van der Waals surface area contributed by atoms with Gasteiger partial charge in [0.05, 0.1) is 26.9 Å². The van der Waals surface area contributed by atoms with Crippen LogP contribution < -0.4 is 14.4 Å². The fourth-order valence-electron chi connectivity index (χ4n) is 4.95. The largest absolute Gasteiger partial charge is 0.493 e. The molecule has 0 saturated heterocycles. The van der Waals surface area contributed by atoms with E-state index in [4.69, 9.17) is 9.47 Å². The summed E-state index contributed by atoms with van der Waals surface area (Å²) in [5, 5.41) is 12.0. The van der Waals surface area contributed by atoms with Gasteiger partial charge in [-0.25, -0.2) is 0 Å². The van der Waals surface area contributed by atoms with Crippen LogP contribution in [0.4, 0.5) is 5.69 Å². The smallest absolute Gasteiger partial charge is 0.185 e. The number of ether oxygens (including phenoxy) is 2. The molecule has 0 aliphatic carbocycles. The van der Waals surface area contributed by atoms with E-state index in [2.05, 4.69) is 27.7 Å². The van der Waals surface area contributed by atoms with E-state index < -0.39 is 6.10 Å². The minimum absolute atomic E-state index is 0.125. The Morgan fingerprint density at radius 2 is 1.78 bits per heavy atom. The first-order chi connectivity index (χ1) is 17.6. The second kappa shape index (κ2) is 10.3. The normalized spacial score (nSPS) is 13.8. The van der Waals surface area contributed by atoms with Crippen molar-refractivity contribution < 1.29 is 19.4 Å². The van der Waals surface area contributed by atoms with Crippen molar-refractivity contribution in [3.05, 3.63) is 95.7 Å². The number of methoxy groups -OCH3 is 2. The minimum atomic E-state index is -0.530. The molecule has 0 saturated carbocycles. The summed E-state index contributed by atoms with van der Waals surface area (Å²) in [5.74, 6) is 0.973. The molecule has 0 spiro atoms. The summed E-state index contributed by atoms with van der Waals surface area (Å²) in [5.41, 5.74) is 5.03. The van der Waals surface area contributed by atoms with Crippen LogP contribution in [0.5, 0.6) is 11.5 Å². The standard InChI is InChI=1S/C30H30N2O4/c1-35-29-14-12-22(17-30(29)36-2)28(34)13-11-23-18-32(27-10-6-4-8-25(23)27)20-24(33)19-31-16-15-21-7-3-5-9-26(21)31/h3-14,17-18,24,33H,15-16,19-20H2,1-2H3/b13-11+/t24-/m1/s1. The summed E-state index contributed by atoms with van der Waals surface area (Å²) in [6.07, 6.45) is 5.89. The van der Waals surface area contributed by atoms with E-state index >= 15 is 0 Å². The molecule has 0 unspecified atom stereocenters. The van der Waals surface area contributed by atoms with E-state index in [0.717, 1.165) is 29.4 Å². The lowest BCUT2D eigenvalue weighted by Gasteiger charge is -2.23. The SMILES string of the molecule is COc1ccc(C(=O)/C=C/c2cn(C[C@H](O)CN3CCc4ccccc43)c3ccccc23)cc1OC. The average Bonchev–Trinajstić information content (AvgIpc) is 3.48. The van der Waals surface area contributed by atoms with E-state index in [-0.39, 0.29) is 5.78 Å². The molecule has 184 valence electrons. The van der Waals surface area contributed by atoms with Crippen LogP contribution in [0.1, 0.15) is 21.5 Å². The maximum Gasteiger partial charge on any atom is 0.185 e. The Balaban J connectivity index is 1.34. The first kappa shape index (κ1) is 23.7. The maximum absolute atomic E-state index is 12.9. The van der Waals surface area contributed by atoms with Crippen molar-refractivity contribution in [2.45, 2.75) is 19.1 Å². The van der Waals surface area contributed by atoms with Crippen LogP contribution in [0.15, 0.2) is 79.0 Å². The minimum Gasteiger partial charge on any atom is -0.493 e. The van der Waals surface area contributed by atoms with Gasteiger partial charge < -0.3 is 24.0 Å². The van der Waals surface area contributed by atoms with Crippen molar-refractivity contribution in [3.8, 4) is 11.5 Å². The first-order valence-corrected chi connectivity index (χ1v) is 12.1. The van der Waals surface area contributed by atoms with E-state index in [0.29, 0.717) is 30.2 Å². The first-order valence-electron chi connectivity index (χ1n) is 12.1. The highest BCUT2D eigenvalue weighted by Gasteiger charge is 2.21. The second-order valence-corrected chi connectivity index (χ2v) is 9.00. The zero-order valence-corrected chi connectivity index (χ0v) is 20.6. The quantitative estimate of drug-likeness (QED) is 0.269. The third-order valence-corrected chi connectivity index (χ3v) is 6.72. The Hall–Kier alpha value is -4.03. The van der Waals surface area contributed by atoms with Crippen LogP contribution in [0, 0.1) is 0 Å². The number of hydrogen-bond donors (Lipinski definition) is 1. The summed E-state index contributed by atoms with van der Waals surface area (Å²) < 4.78 is 12.7. The molecule has 0 radical (unpaired) electrons. The molecule has 1 aliphatic rings. The molecular weight excluding hydrogens is 452 g/mol. The molecule has 36 heavy (non-hydrogen) atoms. The number of para-hydroxylation sites is 2. The number of hydrogen-bond acceptors (Lipinski definition) is 5. The van der Waals surface area contributed by atoms with Crippen LogP contribution in [0.2, 0.25) is 0 Å². The van der Waals surface area contributed by atoms with E-state index in [9.17, 15) is 9.90 Å². The van der Waals surface area contributed by atoms with Crippen molar-refractivity contribution in [1.82, 2.24) is 4.57 Å². The van der Waals surface area contributed by atoms with Crippen molar-refractivity contribution >= 4 is 28.4 Å². The van der Waals surface area contributed by atoms with Crippen LogP contribution in [-0.2, 0) is 13.0 Å². The van der Waals surface area contributed by atoms with Crippen LogP contribution in [0.3, 0.4) is 0 Å². The highest BCUT2D eigenvalue weighted by molar-refractivity contribution is 6.08. The van der Waals surface area contributed by atoms with Gasteiger partial charge in [-0.2, -0.15) is 0 Å². The number of allylic oxidation sites excluding steroid dienone is 1. The number of carbonyl (C=O) groups is 1. The van der Waals surface area contributed by atoms with Gasteiger partial charge in [0, 0.05) is 47.0 Å². The molecule has 0 bridgehead atoms. The molecule has 6 heteroatoms. The fourth-order valence-corrected chi connectivity index (χ4v) is 4.95. The van der Waals surface area contributed by atoms with Crippen LogP contribution in [0.25, 0.3) is 17.0 Å². The predicted octanol–water partition coefficient (Wildman–Crippen LogP) is 4.98. The Kier molecular flexibility index (Phi) is 6.78. The lowest BCUT2D eigenvalue weighted by molar-refractivity contribution is 0.104. The number of anilines is 1. The third-order valence-electron chi connectivity index (χ3n) is 6.72. The molecule has 2 heterocycles. The van der Waals surface area contributed by atoms with Gasteiger partial charge in [-0.3, -0.25) is 4.79 Å². The summed E-state index contributed by atoms with van der Waals surface area (Å²) in [6, 6.07) is 21.6. The van der Waals surface area contributed by atoms with Crippen molar-refractivity contribution in [1.29, 1.82) is 0 Å². The summed E-state index contributed by atoms with van der Waals surface area (Å²) in [6.45, 7) is 1.97. The van der Waals surface area contributed by atoms with Crippen molar-refractivity contribution in [2.24, 2.45) is 0 Å². The van der Waals surface area contributed by atoms with Crippen molar-refractivity contribution in [2.75, 3.05) is 32.2 Å². The van der Waals surface area contributed by atoms with Gasteiger partial charge in [0.25, 0.3) is 0 Å². The maximum atomic E-state index is 12.9. The molecule has 3 aromatic carbocycles. The molecule has 4 aromatic rings. The molecular formula is C30H30N2O4. The van der Waals surface area contributed by atoms with Gasteiger partial charge in [-0.05, 0) is 54.5 Å². The average molecular weight is 483 g/mol. The number of fused-ring (bicyclic) bond motifs is 2. The Morgan fingerprint density at radius 3 is 2.61 bits per heavy atom. The molecule has 0 fully saturated rings. The number of ketones is 1. The van der Waals surface area contributed by atoms with Gasteiger partial charge in [0.15, 0.2) is 17.3 Å². The van der Waals surface area contributed by atoms with E-state index in [1.165, 1.54) is 11.3 Å². The predicted molar refractivity (Wildman–Crippen MR) is 143 cm³/mol. The third kappa shape index (κ3) is 4.72. The number of rotatable bonds is 9. The number of aliphatic hydroxyl groups excluding tert-OH is 1. The van der Waals surface area contributed by atoms with Gasteiger partial charge >= 0.3 is 0 Å². The van der Waals surface area contributed by atoms with E-state index in [1.807, 2.05) is 42.6 Å². The van der Waals surface area contributed by atoms with Crippen LogP contribution in [-0.4, -0.2) is 48.9 Å². The van der Waals surface area contributed by atoms with Crippen LogP contribution >= 0.6 is 0 Å². The highest BCUT2D eigenvalue weighted by Crippen LogP contribution is 2.29. The van der Waals surface area contributed by atoms with Crippen molar-refractivity contribution in [3.63, 3.8) is 0 Å². The molecule has 6 nitrogen and oxygen atoms in total. The molecule has 1 aromatic heterocycles. The highest BCUT2D eigenvalue weighted by atomic mass is 16.5. The van der Waals surface area contributed by atoms with Gasteiger partial charge in [-0.15, -0.1) is 0 Å². The number of aliphatic hydroxyl groups is 1.